The summed E-state index contributed by atoms with van der Waals surface area (Å²) in [7, 11) is -1.28. The van der Waals surface area contributed by atoms with Crippen LogP contribution in [0.25, 0.3) is 10.8 Å². The molecule has 20 heavy (non-hydrogen) atoms. The zero-order valence-electron chi connectivity index (χ0n) is 11.6. The van der Waals surface area contributed by atoms with Crippen LogP contribution in [0.4, 0.5) is 5.82 Å². The van der Waals surface area contributed by atoms with Crippen molar-refractivity contribution >= 4 is 26.4 Å². The van der Waals surface area contributed by atoms with Crippen molar-refractivity contribution in [2.24, 2.45) is 0 Å². The highest BCUT2D eigenvalue weighted by atomic mass is 32.2. The van der Waals surface area contributed by atoms with Gasteiger partial charge in [-0.2, -0.15) is 0 Å². The van der Waals surface area contributed by atoms with Crippen LogP contribution < -0.4 is 10.1 Å². The van der Waals surface area contributed by atoms with Gasteiger partial charge in [0.05, 0.1) is 12.9 Å². The number of pyridine rings is 1. The zero-order chi connectivity index (χ0) is 14.6. The van der Waals surface area contributed by atoms with E-state index in [9.17, 15) is 8.42 Å². The standard InChI is InChI=1S/C14H18N2O3S/c1-19-12-4-5-13-11(10-12)6-8-16-14(13)15-7-3-9-20(2,17)18/h4-6,8,10H,3,7,9H2,1-2H3,(H,15,16). The lowest BCUT2D eigenvalue weighted by Gasteiger charge is -2.09. The van der Waals surface area contributed by atoms with Crippen LogP contribution in [0.5, 0.6) is 5.75 Å². The summed E-state index contributed by atoms with van der Waals surface area (Å²) >= 11 is 0. The van der Waals surface area contributed by atoms with Gasteiger partial charge in [-0.25, -0.2) is 13.4 Å². The van der Waals surface area contributed by atoms with E-state index < -0.39 is 9.84 Å². The molecule has 5 nitrogen and oxygen atoms in total. The Morgan fingerprint density at radius 1 is 1.30 bits per heavy atom. The summed E-state index contributed by atoms with van der Waals surface area (Å²) in [5, 5.41) is 5.21. The molecule has 2 rings (SSSR count). The molecule has 0 radical (unpaired) electrons. The fraction of sp³-hybridized carbons (Fsp3) is 0.357. The quantitative estimate of drug-likeness (QED) is 0.826. The highest BCUT2D eigenvalue weighted by Gasteiger charge is 2.05. The van der Waals surface area contributed by atoms with Crippen molar-refractivity contribution in [3.63, 3.8) is 0 Å². The summed E-state index contributed by atoms with van der Waals surface area (Å²) in [4.78, 5) is 4.29. The number of aromatic nitrogens is 1. The SMILES string of the molecule is COc1ccc2c(NCCCS(C)(=O)=O)nccc2c1. The van der Waals surface area contributed by atoms with Crippen molar-refractivity contribution in [2.45, 2.75) is 6.42 Å². The van der Waals surface area contributed by atoms with Gasteiger partial charge in [0.2, 0.25) is 0 Å². The van der Waals surface area contributed by atoms with Crippen LogP contribution in [0.1, 0.15) is 6.42 Å². The van der Waals surface area contributed by atoms with Gasteiger partial charge in [0.25, 0.3) is 0 Å². The van der Waals surface area contributed by atoms with Crippen LogP contribution >= 0.6 is 0 Å². The third-order valence-corrected chi connectivity index (χ3v) is 3.99. The number of benzene rings is 1. The molecule has 0 fully saturated rings. The second kappa shape index (κ2) is 6.09. The van der Waals surface area contributed by atoms with Crippen molar-refractivity contribution in [1.82, 2.24) is 4.98 Å². The Hall–Kier alpha value is -1.82. The Morgan fingerprint density at radius 2 is 2.10 bits per heavy atom. The predicted octanol–water partition coefficient (Wildman–Crippen LogP) is 2.09. The minimum Gasteiger partial charge on any atom is -0.497 e. The lowest BCUT2D eigenvalue weighted by Crippen LogP contribution is -2.10. The number of hydrogen-bond acceptors (Lipinski definition) is 5. The Kier molecular flexibility index (Phi) is 4.44. The molecule has 0 spiro atoms. The minimum absolute atomic E-state index is 0.179. The molecule has 0 aliphatic carbocycles. The molecule has 0 saturated carbocycles. The zero-order valence-corrected chi connectivity index (χ0v) is 12.4. The molecule has 0 unspecified atom stereocenters. The molecular weight excluding hydrogens is 276 g/mol. The van der Waals surface area contributed by atoms with Crippen molar-refractivity contribution in [3.8, 4) is 5.75 Å². The number of rotatable bonds is 6. The molecular formula is C14H18N2O3S. The number of methoxy groups -OCH3 is 1. The van der Waals surface area contributed by atoms with E-state index in [1.807, 2.05) is 24.3 Å². The van der Waals surface area contributed by atoms with Crippen molar-refractivity contribution in [3.05, 3.63) is 30.5 Å². The molecule has 2 aromatic rings. The number of anilines is 1. The summed E-state index contributed by atoms with van der Waals surface area (Å²) in [6, 6.07) is 7.68. The summed E-state index contributed by atoms with van der Waals surface area (Å²) in [6.45, 7) is 0.575. The molecule has 1 aromatic carbocycles. The highest BCUT2D eigenvalue weighted by molar-refractivity contribution is 7.90. The Bertz CT molecular complexity index is 699. The summed E-state index contributed by atoms with van der Waals surface area (Å²) in [5.74, 6) is 1.74. The minimum atomic E-state index is -2.91. The number of nitrogens with one attached hydrogen (secondary N) is 1. The van der Waals surface area contributed by atoms with Crippen molar-refractivity contribution in [1.29, 1.82) is 0 Å². The van der Waals surface area contributed by atoms with Gasteiger partial charge >= 0.3 is 0 Å². The summed E-state index contributed by atoms with van der Waals surface area (Å²) < 4.78 is 27.3. The maximum absolute atomic E-state index is 11.1. The monoisotopic (exact) mass is 294 g/mol. The predicted molar refractivity (Wildman–Crippen MR) is 81.1 cm³/mol. The molecule has 1 aromatic heterocycles. The number of hydrogen-bond donors (Lipinski definition) is 1. The molecule has 0 aliphatic rings. The third-order valence-electron chi connectivity index (χ3n) is 2.96. The molecule has 0 bridgehead atoms. The van der Waals surface area contributed by atoms with Crippen LogP contribution in [-0.4, -0.2) is 39.1 Å². The first-order valence-electron chi connectivity index (χ1n) is 6.34. The van der Waals surface area contributed by atoms with E-state index in [4.69, 9.17) is 4.74 Å². The van der Waals surface area contributed by atoms with E-state index in [0.29, 0.717) is 13.0 Å². The topological polar surface area (TPSA) is 68.3 Å². The summed E-state index contributed by atoms with van der Waals surface area (Å²) in [5.41, 5.74) is 0. The molecule has 6 heteroatoms. The molecule has 1 N–H and O–H groups in total. The number of nitrogens with zero attached hydrogens (tertiary/aromatic N) is 1. The van der Waals surface area contributed by atoms with Crippen molar-refractivity contribution in [2.75, 3.05) is 31.0 Å². The fourth-order valence-electron chi connectivity index (χ4n) is 1.96. The second-order valence-corrected chi connectivity index (χ2v) is 6.92. The fourth-order valence-corrected chi connectivity index (χ4v) is 2.63. The van der Waals surface area contributed by atoms with Crippen LogP contribution in [0, 0.1) is 0 Å². The second-order valence-electron chi connectivity index (χ2n) is 4.66. The maximum Gasteiger partial charge on any atom is 0.147 e. The van der Waals surface area contributed by atoms with Gasteiger partial charge in [0.1, 0.15) is 21.4 Å². The molecule has 0 amide bonds. The largest absolute Gasteiger partial charge is 0.497 e. The lowest BCUT2D eigenvalue weighted by atomic mass is 10.1. The van der Waals surface area contributed by atoms with E-state index >= 15 is 0 Å². The molecule has 0 saturated heterocycles. The summed E-state index contributed by atoms with van der Waals surface area (Å²) in [6.07, 6.45) is 3.53. The first-order chi connectivity index (χ1) is 9.49. The number of sulfone groups is 1. The van der Waals surface area contributed by atoms with Gasteiger partial charge in [0, 0.05) is 24.4 Å². The Morgan fingerprint density at radius 3 is 2.80 bits per heavy atom. The average molecular weight is 294 g/mol. The van der Waals surface area contributed by atoms with Crippen LogP contribution in [0.3, 0.4) is 0 Å². The lowest BCUT2D eigenvalue weighted by molar-refractivity contribution is 0.415. The Labute approximate surface area is 118 Å². The van der Waals surface area contributed by atoms with E-state index in [1.165, 1.54) is 6.26 Å². The number of ether oxygens (including phenoxy) is 1. The van der Waals surface area contributed by atoms with Crippen LogP contribution in [0.2, 0.25) is 0 Å². The number of fused-ring (bicyclic) bond motifs is 1. The third kappa shape index (κ3) is 3.84. The Balaban J connectivity index is 2.10. The van der Waals surface area contributed by atoms with E-state index in [0.717, 1.165) is 22.3 Å². The van der Waals surface area contributed by atoms with Gasteiger partial charge < -0.3 is 10.1 Å². The molecule has 108 valence electrons. The van der Waals surface area contributed by atoms with Gasteiger partial charge in [0.15, 0.2) is 0 Å². The first-order valence-corrected chi connectivity index (χ1v) is 8.40. The first kappa shape index (κ1) is 14.6. The average Bonchev–Trinajstić information content (AvgIpc) is 2.42. The van der Waals surface area contributed by atoms with Crippen LogP contribution in [0.15, 0.2) is 30.5 Å². The van der Waals surface area contributed by atoms with Gasteiger partial charge in [-0.3, -0.25) is 0 Å². The smallest absolute Gasteiger partial charge is 0.147 e. The van der Waals surface area contributed by atoms with E-state index in [1.54, 1.807) is 13.3 Å². The molecule has 1 heterocycles. The van der Waals surface area contributed by atoms with Gasteiger partial charge in [-0.1, -0.05) is 0 Å². The van der Waals surface area contributed by atoms with E-state index in [-0.39, 0.29) is 5.75 Å². The van der Waals surface area contributed by atoms with Crippen LogP contribution in [-0.2, 0) is 9.84 Å². The van der Waals surface area contributed by atoms with Gasteiger partial charge in [-0.05, 0) is 36.1 Å². The normalized spacial score (nSPS) is 11.5. The van der Waals surface area contributed by atoms with E-state index in [2.05, 4.69) is 10.3 Å². The maximum atomic E-state index is 11.1. The molecule has 0 aliphatic heterocycles. The van der Waals surface area contributed by atoms with Gasteiger partial charge in [-0.15, -0.1) is 0 Å². The molecule has 0 atom stereocenters. The van der Waals surface area contributed by atoms with Crippen molar-refractivity contribution < 1.29 is 13.2 Å². The highest BCUT2D eigenvalue weighted by Crippen LogP contribution is 2.25.